The highest BCUT2D eigenvalue weighted by atomic mass is 19.1. The van der Waals surface area contributed by atoms with Crippen molar-refractivity contribution in [2.75, 3.05) is 6.54 Å². The monoisotopic (exact) mass is 425 g/mol. The number of benzene rings is 3. The van der Waals surface area contributed by atoms with E-state index in [0.717, 1.165) is 0 Å². The number of halogens is 2. The van der Waals surface area contributed by atoms with Crippen molar-refractivity contribution in [3.05, 3.63) is 111 Å². The maximum atomic E-state index is 13.7. The van der Waals surface area contributed by atoms with Gasteiger partial charge in [0.1, 0.15) is 11.6 Å². The van der Waals surface area contributed by atoms with Gasteiger partial charge in [0, 0.05) is 17.7 Å². The number of hydrogen-bond acceptors (Lipinski definition) is 4. The smallest absolute Gasteiger partial charge is 0.269 e. The first-order valence-corrected chi connectivity index (χ1v) is 9.16. The third-order valence-electron chi connectivity index (χ3n) is 4.42. The third kappa shape index (κ3) is 5.69. The van der Waals surface area contributed by atoms with Gasteiger partial charge in [-0.3, -0.25) is 19.7 Å². The molecule has 0 aliphatic heterocycles. The highest BCUT2D eigenvalue weighted by Gasteiger charge is 2.19. The number of rotatable bonds is 7. The molecule has 0 spiro atoms. The average molecular weight is 425 g/mol. The summed E-state index contributed by atoms with van der Waals surface area (Å²) in [5, 5.41) is 15.7. The number of carbonyl (C=O) groups excluding carboxylic acids is 2. The first-order valence-electron chi connectivity index (χ1n) is 9.16. The van der Waals surface area contributed by atoms with Crippen molar-refractivity contribution in [1.82, 2.24) is 10.6 Å². The minimum Gasteiger partial charge on any atom is -0.344 e. The molecule has 3 aromatic rings. The Labute approximate surface area is 175 Å². The molecule has 0 heterocycles. The van der Waals surface area contributed by atoms with Crippen molar-refractivity contribution in [3.8, 4) is 0 Å². The SMILES string of the molecule is O=C(CNC(=O)c1ccc([N+](=O)[O-])cc1)NC(c1cccc(F)c1)c1cccc(F)c1. The second-order valence-corrected chi connectivity index (χ2v) is 6.60. The summed E-state index contributed by atoms with van der Waals surface area (Å²) in [5.41, 5.74) is 0.786. The van der Waals surface area contributed by atoms with Gasteiger partial charge in [-0.2, -0.15) is 0 Å². The number of carbonyl (C=O) groups is 2. The van der Waals surface area contributed by atoms with E-state index in [9.17, 15) is 28.5 Å². The van der Waals surface area contributed by atoms with Crippen molar-refractivity contribution in [2.45, 2.75) is 6.04 Å². The summed E-state index contributed by atoms with van der Waals surface area (Å²) in [6.07, 6.45) is 0. The van der Waals surface area contributed by atoms with E-state index in [2.05, 4.69) is 10.6 Å². The van der Waals surface area contributed by atoms with Gasteiger partial charge in [-0.15, -0.1) is 0 Å². The van der Waals surface area contributed by atoms with Gasteiger partial charge in [0.2, 0.25) is 5.91 Å². The lowest BCUT2D eigenvalue weighted by atomic mass is 9.98. The largest absolute Gasteiger partial charge is 0.344 e. The molecule has 9 heteroatoms. The predicted molar refractivity (Wildman–Crippen MR) is 108 cm³/mol. The molecule has 3 rings (SSSR count). The zero-order valence-electron chi connectivity index (χ0n) is 16.0. The molecule has 7 nitrogen and oxygen atoms in total. The number of nitro benzene ring substituents is 1. The van der Waals surface area contributed by atoms with Crippen LogP contribution in [0, 0.1) is 21.7 Å². The van der Waals surface area contributed by atoms with Crippen LogP contribution in [-0.4, -0.2) is 23.3 Å². The second-order valence-electron chi connectivity index (χ2n) is 6.60. The van der Waals surface area contributed by atoms with Gasteiger partial charge in [-0.05, 0) is 47.5 Å². The molecule has 0 unspecified atom stereocenters. The van der Waals surface area contributed by atoms with Crippen molar-refractivity contribution in [2.24, 2.45) is 0 Å². The maximum Gasteiger partial charge on any atom is 0.269 e. The summed E-state index contributed by atoms with van der Waals surface area (Å²) in [6, 6.07) is 15.1. The topological polar surface area (TPSA) is 101 Å². The summed E-state index contributed by atoms with van der Waals surface area (Å²) in [7, 11) is 0. The van der Waals surface area contributed by atoms with Gasteiger partial charge >= 0.3 is 0 Å². The van der Waals surface area contributed by atoms with E-state index in [1.54, 1.807) is 12.1 Å². The lowest BCUT2D eigenvalue weighted by Crippen LogP contribution is -2.39. The van der Waals surface area contributed by atoms with Gasteiger partial charge < -0.3 is 10.6 Å². The Morgan fingerprint density at radius 3 is 1.94 bits per heavy atom. The van der Waals surface area contributed by atoms with Crippen LogP contribution in [0.5, 0.6) is 0 Å². The fourth-order valence-corrected chi connectivity index (χ4v) is 2.94. The van der Waals surface area contributed by atoms with E-state index < -0.39 is 41.0 Å². The number of nitro groups is 1. The van der Waals surface area contributed by atoms with Crippen molar-refractivity contribution < 1.29 is 23.3 Å². The Morgan fingerprint density at radius 1 is 0.903 bits per heavy atom. The first-order chi connectivity index (χ1) is 14.8. The minimum absolute atomic E-state index is 0.144. The molecule has 0 radical (unpaired) electrons. The van der Waals surface area contributed by atoms with E-state index in [-0.39, 0.29) is 11.3 Å². The number of non-ortho nitro benzene ring substituents is 1. The minimum atomic E-state index is -0.838. The molecule has 0 aliphatic rings. The summed E-state index contributed by atoms with van der Waals surface area (Å²) < 4.78 is 27.4. The van der Waals surface area contributed by atoms with Crippen LogP contribution in [0.4, 0.5) is 14.5 Å². The van der Waals surface area contributed by atoms with Crippen LogP contribution in [0.2, 0.25) is 0 Å². The molecule has 0 aromatic heterocycles. The molecule has 2 amide bonds. The van der Waals surface area contributed by atoms with Crippen LogP contribution in [0.3, 0.4) is 0 Å². The van der Waals surface area contributed by atoms with Gasteiger partial charge in [0.05, 0.1) is 17.5 Å². The molecule has 0 saturated heterocycles. The van der Waals surface area contributed by atoms with E-state index in [1.165, 1.54) is 60.7 Å². The van der Waals surface area contributed by atoms with Crippen LogP contribution < -0.4 is 10.6 Å². The van der Waals surface area contributed by atoms with Gasteiger partial charge in [0.15, 0.2) is 0 Å². The molecule has 158 valence electrons. The van der Waals surface area contributed by atoms with Crippen LogP contribution >= 0.6 is 0 Å². The van der Waals surface area contributed by atoms with Gasteiger partial charge in [0.25, 0.3) is 11.6 Å². The van der Waals surface area contributed by atoms with E-state index in [0.29, 0.717) is 11.1 Å². The number of hydrogen-bond donors (Lipinski definition) is 2. The molecule has 0 atom stereocenters. The lowest BCUT2D eigenvalue weighted by Gasteiger charge is -2.20. The van der Waals surface area contributed by atoms with Gasteiger partial charge in [-0.1, -0.05) is 24.3 Å². The number of nitrogens with zero attached hydrogens (tertiary/aromatic N) is 1. The molecule has 3 aromatic carbocycles. The maximum absolute atomic E-state index is 13.7. The fraction of sp³-hybridized carbons (Fsp3) is 0.0909. The van der Waals surface area contributed by atoms with Crippen molar-refractivity contribution in [1.29, 1.82) is 0 Å². The Kier molecular flexibility index (Phi) is 6.66. The Morgan fingerprint density at radius 2 is 1.45 bits per heavy atom. The number of nitrogens with one attached hydrogen (secondary N) is 2. The van der Waals surface area contributed by atoms with Crippen LogP contribution in [-0.2, 0) is 4.79 Å². The van der Waals surface area contributed by atoms with Crippen molar-refractivity contribution in [3.63, 3.8) is 0 Å². The molecule has 0 aliphatic carbocycles. The Balaban J connectivity index is 1.70. The molecule has 0 fully saturated rings. The molecule has 2 N–H and O–H groups in total. The zero-order valence-corrected chi connectivity index (χ0v) is 16.0. The summed E-state index contributed by atoms with van der Waals surface area (Å²) in [6.45, 7) is -0.406. The standard InChI is InChI=1S/C22H17F2N3O4/c23-17-5-1-3-15(11-17)21(16-4-2-6-18(24)12-16)26-20(28)13-25-22(29)14-7-9-19(10-8-14)27(30)31/h1-12,21H,13H2,(H,25,29)(H,26,28). The van der Waals surface area contributed by atoms with Crippen LogP contribution in [0.25, 0.3) is 0 Å². The fourth-order valence-electron chi connectivity index (χ4n) is 2.94. The molecule has 0 bridgehead atoms. The van der Waals surface area contributed by atoms with Crippen molar-refractivity contribution >= 4 is 17.5 Å². The second kappa shape index (κ2) is 9.57. The quantitative estimate of drug-likeness (QED) is 0.447. The van der Waals surface area contributed by atoms with Crippen LogP contribution in [0.15, 0.2) is 72.8 Å². The van der Waals surface area contributed by atoms with E-state index in [4.69, 9.17) is 0 Å². The highest BCUT2D eigenvalue weighted by Crippen LogP contribution is 2.23. The highest BCUT2D eigenvalue weighted by molar-refractivity contribution is 5.96. The molecule has 31 heavy (non-hydrogen) atoms. The summed E-state index contributed by atoms with van der Waals surface area (Å²) in [4.78, 5) is 34.7. The van der Waals surface area contributed by atoms with Gasteiger partial charge in [-0.25, -0.2) is 8.78 Å². The lowest BCUT2D eigenvalue weighted by molar-refractivity contribution is -0.384. The predicted octanol–water partition coefficient (Wildman–Crippen LogP) is 3.51. The molecular formula is C22H17F2N3O4. The third-order valence-corrected chi connectivity index (χ3v) is 4.42. The first kappa shape index (κ1) is 21.6. The molecule has 0 saturated carbocycles. The molecular weight excluding hydrogens is 408 g/mol. The summed E-state index contributed by atoms with van der Waals surface area (Å²) in [5.74, 6) is -2.22. The summed E-state index contributed by atoms with van der Waals surface area (Å²) >= 11 is 0. The normalized spacial score (nSPS) is 10.5. The van der Waals surface area contributed by atoms with E-state index in [1.807, 2.05) is 0 Å². The number of amides is 2. The zero-order chi connectivity index (χ0) is 22.4. The Bertz CT molecular complexity index is 1070. The Hall–Kier alpha value is -4.14. The average Bonchev–Trinajstić information content (AvgIpc) is 2.76. The van der Waals surface area contributed by atoms with Crippen LogP contribution in [0.1, 0.15) is 27.5 Å². The van der Waals surface area contributed by atoms with E-state index >= 15 is 0 Å².